The number of aliphatic hydroxyl groups excluding tert-OH is 1. The highest BCUT2D eigenvalue weighted by Gasteiger charge is 2.24. The lowest BCUT2D eigenvalue weighted by Gasteiger charge is -2.20. The summed E-state index contributed by atoms with van der Waals surface area (Å²) < 4.78 is 0. The molecule has 0 aromatic carbocycles. The largest absolute Gasteiger partial charge is 0.481 e. The Kier molecular flexibility index (Phi) is 4.11. The van der Waals surface area contributed by atoms with Crippen LogP contribution < -0.4 is 0 Å². The Labute approximate surface area is 67.0 Å². The first-order valence-corrected chi connectivity index (χ1v) is 3.91. The van der Waals surface area contributed by atoms with E-state index in [9.17, 15) is 9.90 Å². The van der Waals surface area contributed by atoms with Crippen LogP contribution in [0.2, 0.25) is 0 Å². The SMILES string of the molecule is CCC(C)C(O)C(C)C(=O)O. The van der Waals surface area contributed by atoms with Crippen LogP contribution in [0.3, 0.4) is 0 Å². The molecule has 11 heavy (non-hydrogen) atoms. The lowest BCUT2D eigenvalue weighted by Crippen LogP contribution is -2.30. The minimum absolute atomic E-state index is 0.0566. The first-order chi connectivity index (χ1) is 5.00. The predicted octanol–water partition coefficient (Wildman–Crippen LogP) is 1.11. The van der Waals surface area contributed by atoms with Crippen LogP contribution in [0.5, 0.6) is 0 Å². The summed E-state index contributed by atoms with van der Waals surface area (Å²) >= 11 is 0. The van der Waals surface area contributed by atoms with Gasteiger partial charge in [-0.1, -0.05) is 20.3 Å². The Morgan fingerprint density at radius 2 is 1.91 bits per heavy atom. The zero-order valence-corrected chi connectivity index (χ0v) is 7.24. The maximum absolute atomic E-state index is 10.4. The first-order valence-electron chi connectivity index (χ1n) is 3.91. The van der Waals surface area contributed by atoms with Crippen molar-refractivity contribution in [3.05, 3.63) is 0 Å². The Balaban J connectivity index is 4.00. The summed E-state index contributed by atoms with van der Waals surface area (Å²) in [7, 11) is 0. The third-order valence-electron chi connectivity index (χ3n) is 2.13. The van der Waals surface area contributed by atoms with Crippen molar-refractivity contribution in [2.75, 3.05) is 0 Å². The lowest BCUT2D eigenvalue weighted by molar-refractivity contribution is -0.146. The van der Waals surface area contributed by atoms with Crippen LogP contribution in [0, 0.1) is 11.8 Å². The summed E-state index contributed by atoms with van der Waals surface area (Å²) in [6.07, 6.45) is 0.0798. The molecule has 0 bridgehead atoms. The van der Waals surface area contributed by atoms with E-state index in [1.54, 1.807) is 0 Å². The Morgan fingerprint density at radius 3 is 2.18 bits per heavy atom. The van der Waals surface area contributed by atoms with Gasteiger partial charge in [-0.15, -0.1) is 0 Å². The summed E-state index contributed by atoms with van der Waals surface area (Å²) in [6.45, 7) is 5.31. The van der Waals surface area contributed by atoms with Crippen molar-refractivity contribution in [2.24, 2.45) is 11.8 Å². The van der Waals surface area contributed by atoms with Crippen molar-refractivity contribution >= 4 is 5.97 Å². The van der Waals surface area contributed by atoms with Gasteiger partial charge in [0.1, 0.15) is 0 Å². The van der Waals surface area contributed by atoms with E-state index in [1.165, 1.54) is 6.92 Å². The molecule has 0 aliphatic heterocycles. The quantitative estimate of drug-likeness (QED) is 0.647. The van der Waals surface area contributed by atoms with Crippen molar-refractivity contribution in [1.29, 1.82) is 0 Å². The monoisotopic (exact) mass is 160 g/mol. The molecule has 3 atom stereocenters. The van der Waals surface area contributed by atoms with Crippen molar-refractivity contribution in [2.45, 2.75) is 33.3 Å². The number of rotatable bonds is 4. The van der Waals surface area contributed by atoms with Gasteiger partial charge in [-0.25, -0.2) is 0 Å². The number of hydrogen-bond donors (Lipinski definition) is 2. The molecule has 0 radical (unpaired) electrons. The summed E-state index contributed by atoms with van der Waals surface area (Å²) in [6, 6.07) is 0. The molecule has 66 valence electrons. The zero-order chi connectivity index (χ0) is 9.02. The van der Waals surface area contributed by atoms with Crippen molar-refractivity contribution in [1.82, 2.24) is 0 Å². The van der Waals surface area contributed by atoms with Gasteiger partial charge in [-0.3, -0.25) is 4.79 Å². The normalized spacial score (nSPS) is 18.9. The van der Waals surface area contributed by atoms with E-state index in [4.69, 9.17) is 5.11 Å². The second-order valence-electron chi connectivity index (χ2n) is 3.00. The topological polar surface area (TPSA) is 57.5 Å². The summed E-state index contributed by atoms with van der Waals surface area (Å²) in [5.41, 5.74) is 0. The molecule has 0 aromatic rings. The number of aliphatic hydroxyl groups is 1. The van der Waals surface area contributed by atoms with Gasteiger partial charge in [0.25, 0.3) is 0 Å². The Hall–Kier alpha value is -0.570. The van der Waals surface area contributed by atoms with Gasteiger partial charge in [0, 0.05) is 0 Å². The third-order valence-corrected chi connectivity index (χ3v) is 2.13. The fourth-order valence-corrected chi connectivity index (χ4v) is 0.880. The smallest absolute Gasteiger partial charge is 0.308 e. The summed E-state index contributed by atoms with van der Waals surface area (Å²) in [5.74, 6) is -1.54. The molecular formula is C8H16O3. The predicted molar refractivity (Wildman–Crippen MR) is 42.3 cm³/mol. The van der Waals surface area contributed by atoms with Gasteiger partial charge in [0.2, 0.25) is 0 Å². The van der Waals surface area contributed by atoms with E-state index in [2.05, 4.69) is 0 Å². The van der Waals surface area contributed by atoms with Crippen LogP contribution in [0.15, 0.2) is 0 Å². The molecule has 0 spiro atoms. The van der Waals surface area contributed by atoms with E-state index in [0.29, 0.717) is 0 Å². The molecule has 0 saturated heterocycles. The number of hydrogen-bond acceptors (Lipinski definition) is 2. The maximum Gasteiger partial charge on any atom is 0.308 e. The van der Waals surface area contributed by atoms with Gasteiger partial charge < -0.3 is 10.2 Å². The van der Waals surface area contributed by atoms with E-state index >= 15 is 0 Å². The average Bonchev–Trinajstić information content (AvgIpc) is 2.00. The third kappa shape index (κ3) is 2.89. The van der Waals surface area contributed by atoms with Crippen LogP contribution in [0.1, 0.15) is 27.2 Å². The van der Waals surface area contributed by atoms with Crippen LogP contribution in [0.4, 0.5) is 0 Å². The molecule has 2 N–H and O–H groups in total. The molecular weight excluding hydrogens is 144 g/mol. The molecule has 3 unspecified atom stereocenters. The summed E-state index contributed by atoms with van der Waals surface area (Å²) in [4.78, 5) is 10.4. The fourth-order valence-electron chi connectivity index (χ4n) is 0.880. The van der Waals surface area contributed by atoms with Crippen LogP contribution in [0.25, 0.3) is 0 Å². The number of carboxylic acids is 1. The van der Waals surface area contributed by atoms with E-state index < -0.39 is 18.0 Å². The van der Waals surface area contributed by atoms with Crippen LogP contribution >= 0.6 is 0 Å². The maximum atomic E-state index is 10.4. The Morgan fingerprint density at radius 1 is 1.45 bits per heavy atom. The molecule has 0 aliphatic rings. The second kappa shape index (κ2) is 4.34. The van der Waals surface area contributed by atoms with Gasteiger partial charge in [0.15, 0.2) is 0 Å². The van der Waals surface area contributed by atoms with Crippen LogP contribution in [-0.2, 0) is 4.79 Å². The highest BCUT2D eigenvalue weighted by molar-refractivity contribution is 5.70. The van der Waals surface area contributed by atoms with Gasteiger partial charge >= 0.3 is 5.97 Å². The van der Waals surface area contributed by atoms with E-state index in [1.807, 2.05) is 13.8 Å². The molecule has 3 nitrogen and oxygen atoms in total. The molecule has 3 heteroatoms. The molecule has 0 rings (SSSR count). The minimum atomic E-state index is -0.933. The van der Waals surface area contributed by atoms with Crippen molar-refractivity contribution in [3.63, 3.8) is 0 Å². The van der Waals surface area contributed by atoms with E-state index in [-0.39, 0.29) is 5.92 Å². The molecule has 0 aliphatic carbocycles. The molecule has 0 saturated carbocycles. The summed E-state index contributed by atoms with van der Waals surface area (Å²) in [5, 5.41) is 17.9. The Bertz CT molecular complexity index is 133. The first kappa shape index (κ1) is 10.4. The number of aliphatic carboxylic acids is 1. The highest BCUT2D eigenvalue weighted by atomic mass is 16.4. The molecule has 0 amide bonds. The van der Waals surface area contributed by atoms with E-state index in [0.717, 1.165) is 6.42 Å². The molecule has 0 heterocycles. The average molecular weight is 160 g/mol. The fraction of sp³-hybridized carbons (Fsp3) is 0.875. The van der Waals surface area contributed by atoms with Gasteiger partial charge in [-0.05, 0) is 12.8 Å². The number of carboxylic acid groups (broad SMARTS) is 1. The lowest BCUT2D eigenvalue weighted by atomic mass is 9.92. The van der Waals surface area contributed by atoms with Crippen molar-refractivity contribution < 1.29 is 15.0 Å². The zero-order valence-electron chi connectivity index (χ0n) is 7.24. The standard InChI is InChI=1S/C8H16O3/c1-4-5(2)7(9)6(3)8(10)11/h5-7,9H,4H2,1-3H3,(H,10,11). The van der Waals surface area contributed by atoms with Crippen LogP contribution in [-0.4, -0.2) is 22.3 Å². The minimum Gasteiger partial charge on any atom is -0.481 e. The molecule has 0 aromatic heterocycles. The highest BCUT2D eigenvalue weighted by Crippen LogP contribution is 2.15. The van der Waals surface area contributed by atoms with Gasteiger partial charge in [0.05, 0.1) is 12.0 Å². The van der Waals surface area contributed by atoms with Crippen molar-refractivity contribution in [3.8, 4) is 0 Å². The number of carbonyl (C=O) groups is 1. The van der Waals surface area contributed by atoms with Gasteiger partial charge in [-0.2, -0.15) is 0 Å². The molecule has 0 fully saturated rings. The second-order valence-corrected chi connectivity index (χ2v) is 3.00.